The van der Waals surface area contributed by atoms with Crippen molar-refractivity contribution < 1.29 is 14.1 Å². The fourth-order valence-electron chi connectivity index (χ4n) is 1.86. The van der Waals surface area contributed by atoms with Crippen LogP contribution in [0, 0.1) is 0 Å². The van der Waals surface area contributed by atoms with Gasteiger partial charge in [0, 0.05) is 23.6 Å². The number of pyridine rings is 1. The Labute approximate surface area is 136 Å². The third-order valence-electron chi connectivity index (χ3n) is 2.97. The molecule has 0 atom stereocenters. The van der Waals surface area contributed by atoms with Gasteiger partial charge in [0.2, 0.25) is 5.82 Å². The lowest BCUT2D eigenvalue weighted by Crippen LogP contribution is -2.12. The lowest BCUT2D eigenvalue weighted by atomic mass is 10.2. The summed E-state index contributed by atoms with van der Waals surface area (Å²) in [6, 6.07) is 8.31. The van der Waals surface area contributed by atoms with E-state index in [9.17, 15) is 4.79 Å². The van der Waals surface area contributed by atoms with Crippen molar-refractivity contribution >= 4 is 23.2 Å². The number of nitrogens with one attached hydrogen (secondary N) is 1. The maximum Gasteiger partial charge on any atom is 0.316 e. The molecule has 8 heteroatoms. The van der Waals surface area contributed by atoms with E-state index in [0.717, 1.165) is 0 Å². The second kappa shape index (κ2) is 6.45. The van der Waals surface area contributed by atoms with Crippen molar-refractivity contribution in [3.05, 3.63) is 53.6 Å². The number of methoxy groups -OCH3 is 1. The van der Waals surface area contributed by atoms with Crippen molar-refractivity contribution in [2.75, 3.05) is 12.4 Å². The molecule has 3 aromatic rings. The maximum absolute atomic E-state index is 12.1. The van der Waals surface area contributed by atoms with E-state index in [2.05, 4.69) is 20.4 Å². The number of ether oxygens (including phenoxy) is 1. The predicted molar refractivity (Wildman–Crippen MR) is 83.5 cm³/mol. The van der Waals surface area contributed by atoms with Gasteiger partial charge in [-0.25, -0.2) is 0 Å². The highest BCUT2D eigenvalue weighted by Gasteiger charge is 2.16. The van der Waals surface area contributed by atoms with Crippen LogP contribution >= 0.6 is 11.6 Å². The van der Waals surface area contributed by atoms with Crippen LogP contribution < -0.4 is 10.1 Å². The number of rotatable bonds is 4. The molecule has 0 aliphatic rings. The molecule has 23 heavy (non-hydrogen) atoms. The first-order valence-corrected chi connectivity index (χ1v) is 6.94. The monoisotopic (exact) mass is 330 g/mol. The Kier molecular flexibility index (Phi) is 4.20. The van der Waals surface area contributed by atoms with Crippen molar-refractivity contribution in [1.29, 1.82) is 0 Å². The molecule has 7 nitrogen and oxygen atoms in total. The number of anilines is 1. The average Bonchev–Trinajstić information content (AvgIpc) is 3.06. The molecule has 0 spiro atoms. The molecule has 1 N–H and O–H groups in total. The number of aromatic nitrogens is 3. The fraction of sp³-hybridized carbons (Fsp3) is 0.0667. The van der Waals surface area contributed by atoms with Crippen molar-refractivity contribution in [2.45, 2.75) is 0 Å². The summed E-state index contributed by atoms with van der Waals surface area (Å²) in [6.45, 7) is 0. The topological polar surface area (TPSA) is 90.1 Å². The number of carbonyl (C=O) groups excluding carboxylic acids is 1. The molecule has 116 valence electrons. The van der Waals surface area contributed by atoms with Crippen LogP contribution in [0.2, 0.25) is 5.02 Å². The highest BCUT2D eigenvalue weighted by Crippen LogP contribution is 2.27. The average molecular weight is 331 g/mol. The number of benzene rings is 1. The van der Waals surface area contributed by atoms with Crippen LogP contribution in [0.3, 0.4) is 0 Å². The Morgan fingerprint density at radius 3 is 2.74 bits per heavy atom. The van der Waals surface area contributed by atoms with Crippen LogP contribution in [-0.4, -0.2) is 28.1 Å². The number of hydrogen-bond donors (Lipinski definition) is 1. The second-order valence-corrected chi connectivity index (χ2v) is 4.87. The molecular formula is C15H11ClN4O3. The van der Waals surface area contributed by atoms with Gasteiger partial charge in [0.1, 0.15) is 5.75 Å². The van der Waals surface area contributed by atoms with Crippen LogP contribution in [0.1, 0.15) is 10.7 Å². The van der Waals surface area contributed by atoms with Gasteiger partial charge in [0.05, 0.1) is 12.1 Å². The van der Waals surface area contributed by atoms with Crippen LogP contribution in [0.25, 0.3) is 11.4 Å². The van der Waals surface area contributed by atoms with Gasteiger partial charge in [-0.15, -0.1) is 0 Å². The molecule has 2 aromatic heterocycles. The van der Waals surface area contributed by atoms with E-state index >= 15 is 0 Å². The second-order valence-electron chi connectivity index (χ2n) is 4.46. The molecule has 0 fully saturated rings. The largest absolute Gasteiger partial charge is 0.495 e. The first-order chi connectivity index (χ1) is 11.2. The van der Waals surface area contributed by atoms with E-state index in [1.165, 1.54) is 7.11 Å². The van der Waals surface area contributed by atoms with Gasteiger partial charge >= 0.3 is 11.8 Å². The summed E-state index contributed by atoms with van der Waals surface area (Å²) in [6.07, 6.45) is 3.20. The molecule has 0 saturated heterocycles. The Balaban J connectivity index is 1.76. The lowest BCUT2D eigenvalue weighted by molar-refractivity contribution is 0.0981. The van der Waals surface area contributed by atoms with Gasteiger partial charge in [-0.3, -0.25) is 9.78 Å². The number of amides is 1. The van der Waals surface area contributed by atoms with E-state index in [4.69, 9.17) is 20.9 Å². The number of halogens is 1. The smallest absolute Gasteiger partial charge is 0.316 e. The highest BCUT2D eigenvalue weighted by molar-refractivity contribution is 6.32. The molecule has 0 aliphatic carbocycles. The van der Waals surface area contributed by atoms with Crippen LogP contribution in [0.4, 0.5) is 5.69 Å². The van der Waals surface area contributed by atoms with Gasteiger partial charge in [0.25, 0.3) is 0 Å². The minimum absolute atomic E-state index is 0.149. The lowest BCUT2D eigenvalue weighted by Gasteiger charge is -2.06. The minimum Gasteiger partial charge on any atom is -0.495 e. The van der Waals surface area contributed by atoms with Gasteiger partial charge in [0.15, 0.2) is 0 Å². The Morgan fingerprint density at radius 2 is 2.04 bits per heavy atom. The van der Waals surface area contributed by atoms with E-state index in [0.29, 0.717) is 27.8 Å². The van der Waals surface area contributed by atoms with E-state index < -0.39 is 5.91 Å². The quantitative estimate of drug-likeness (QED) is 0.790. The number of carbonyl (C=O) groups is 1. The fourth-order valence-corrected chi connectivity index (χ4v) is 2.12. The molecule has 0 aliphatic heterocycles. The number of hydrogen-bond acceptors (Lipinski definition) is 6. The highest BCUT2D eigenvalue weighted by atomic mass is 35.5. The summed E-state index contributed by atoms with van der Waals surface area (Å²) in [5.74, 6) is 0.149. The summed E-state index contributed by atoms with van der Waals surface area (Å²) >= 11 is 6.01. The predicted octanol–water partition coefficient (Wildman–Crippen LogP) is 3.05. The molecule has 3 rings (SSSR count). The number of nitrogens with zero attached hydrogens (tertiary/aromatic N) is 3. The summed E-state index contributed by atoms with van der Waals surface area (Å²) in [5.41, 5.74) is 1.19. The van der Waals surface area contributed by atoms with Gasteiger partial charge in [-0.1, -0.05) is 16.8 Å². The summed E-state index contributed by atoms with van der Waals surface area (Å²) in [7, 11) is 1.51. The van der Waals surface area contributed by atoms with E-state index in [1.54, 1.807) is 42.7 Å². The molecule has 0 bridgehead atoms. The zero-order valence-corrected chi connectivity index (χ0v) is 12.7. The molecule has 1 amide bonds. The first-order valence-electron chi connectivity index (χ1n) is 6.56. The molecule has 2 heterocycles. The van der Waals surface area contributed by atoms with E-state index in [-0.39, 0.29) is 5.89 Å². The van der Waals surface area contributed by atoms with Gasteiger partial charge in [-0.05, 0) is 30.3 Å². The Morgan fingerprint density at radius 1 is 1.26 bits per heavy atom. The van der Waals surface area contributed by atoms with Gasteiger partial charge < -0.3 is 14.6 Å². The van der Waals surface area contributed by atoms with Gasteiger partial charge in [-0.2, -0.15) is 4.98 Å². The van der Waals surface area contributed by atoms with Crippen LogP contribution in [-0.2, 0) is 0 Å². The van der Waals surface area contributed by atoms with Crippen molar-refractivity contribution in [3.8, 4) is 17.1 Å². The maximum atomic E-state index is 12.1. The molecule has 0 radical (unpaired) electrons. The van der Waals surface area contributed by atoms with Crippen LogP contribution in [0.15, 0.2) is 47.2 Å². The Bertz CT molecular complexity index is 836. The summed E-state index contributed by atoms with van der Waals surface area (Å²) in [5, 5.41) is 6.78. The molecule has 0 saturated carbocycles. The zero-order valence-electron chi connectivity index (χ0n) is 12.0. The van der Waals surface area contributed by atoms with Crippen molar-refractivity contribution in [2.24, 2.45) is 0 Å². The standard InChI is InChI=1S/C15H11ClN4O3/c1-22-12-3-2-10(8-11(12)16)18-14(21)15-19-13(20-23-15)9-4-6-17-7-5-9/h2-8H,1H3,(H,18,21). The molecule has 1 aromatic carbocycles. The molecule has 0 unspecified atom stereocenters. The third-order valence-corrected chi connectivity index (χ3v) is 3.26. The zero-order chi connectivity index (χ0) is 16.2. The third kappa shape index (κ3) is 3.29. The molecular weight excluding hydrogens is 320 g/mol. The normalized spacial score (nSPS) is 10.3. The van der Waals surface area contributed by atoms with Crippen LogP contribution in [0.5, 0.6) is 5.75 Å². The van der Waals surface area contributed by atoms with Crippen molar-refractivity contribution in [1.82, 2.24) is 15.1 Å². The van der Waals surface area contributed by atoms with E-state index in [1.807, 2.05) is 0 Å². The minimum atomic E-state index is -0.529. The first kappa shape index (κ1) is 15.0. The Hall–Kier alpha value is -2.93. The van der Waals surface area contributed by atoms with Crippen molar-refractivity contribution in [3.63, 3.8) is 0 Å². The SMILES string of the molecule is COc1ccc(NC(=O)c2nc(-c3ccncc3)no2)cc1Cl. The summed E-state index contributed by atoms with van der Waals surface area (Å²) < 4.78 is 10.0. The summed E-state index contributed by atoms with van der Waals surface area (Å²) in [4.78, 5) is 20.1.